The smallest absolute Gasteiger partial charge is 0.328 e. The predicted octanol–water partition coefficient (Wildman–Crippen LogP) is -2.32. The Labute approximate surface area is 121 Å². The molecule has 0 saturated heterocycles. The first kappa shape index (κ1) is 16.7. The molecule has 0 unspecified atom stereocenters. The van der Waals surface area contributed by atoms with Gasteiger partial charge < -0.3 is 14.0 Å². The lowest BCUT2D eigenvalue weighted by Gasteiger charge is -2.17. The number of H-pyrrole nitrogens is 1. The summed E-state index contributed by atoms with van der Waals surface area (Å²) in [6.07, 6.45) is 1.06. The SMILES string of the molecule is Bc1cn(CC[C@@H](COC(C)=O)OC(C)=O)c(=O)[nH]c1=O. The fraction of sp³-hybridized carbons (Fsp3) is 0.500. The molecule has 0 spiro atoms. The van der Waals surface area contributed by atoms with Crippen molar-refractivity contribution in [2.75, 3.05) is 6.61 Å². The zero-order valence-corrected chi connectivity index (χ0v) is 12.2. The maximum Gasteiger partial charge on any atom is 0.328 e. The van der Waals surface area contributed by atoms with Crippen LogP contribution in [-0.4, -0.2) is 42.0 Å². The third-order valence-corrected chi connectivity index (χ3v) is 2.69. The monoisotopic (exact) mass is 296 g/mol. The van der Waals surface area contributed by atoms with Crippen LogP contribution in [0.5, 0.6) is 0 Å². The summed E-state index contributed by atoms with van der Waals surface area (Å²) in [5.41, 5.74) is -0.578. The molecule has 0 radical (unpaired) electrons. The van der Waals surface area contributed by atoms with E-state index in [0.717, 1.165) is 0 Å². The van der Waals surface area contributed by atoms with E-state index in [1.807, 2.05) is 0 Å². The Hall–Kier alpha value is -2.32. The van der Waals surface area contributed by atoms with Crippen molar-refractivity contribution in [1.82, 2.24) is 9.55 Å². The molecule has 0 aliphatic heterocycles. The van der Waals surface area contributed by atoms with Gasteiger partial charge in [-0.1, -0.05) is 0 Å². The number of hydrogen-bond donors (Lipinski definition) is 1. The van der Waals surface area contributed by atoms with Gasteiger partial charge in [0.1, 0.15) is 20.6 Å². The Morgan fingerprint density at radius 3 is 2.57 bits per heavy atom. The number of ether oxygens (including phenoxy) is 2. The Kier molecular flexibility index (Phi) is 5.95. The highest BCUT2D eigenvalue weighted by Crippen LogP contribution is 2.02. The van der Waals surface area contributed by atoms with Gasteiger partial charge in [0.25, 0.3) is 0 Å². The van der Waals surface area contributed by atoms with Crippen molar-refractivity contribution >= 4 is 25.2 Å². The van der Waals surface area contributed by atoms with E-state index in [1.165, 1.54) is 24.6 Å². The Bertz CT molecular complexity index is 635. The van der Waals surface area contributed by atoms with Crippen LogP contribution in [0.4, 0.5) is 0 Å². The lowest BCUT2D eigenvalue weighted by molar-refractivity contribution is -0.156. The van der Waals surface area contributed by atoms with Crippen LogP contribution in [0, 0.1) is 0 Å². The number of nitrogens with one attached hydrogen (secondary N) is 1. The molecule has 1 aromatic heterocycles. The molecule has 21 heavy (non-hydrogen) atoms. The van der Waals surface area contributed by atoms with Crippen molar-refractivity contribution in [2.45, 2.75) is 32.9 Å². The van der Waals surface area contributed by atoms with Gasteiger partial charge in [-0.2, -0.15) is 0 Å². The standard InChI is InChI=1S/C12H17BN2O6/c1-7(16)20-6-9(21-8(2)17)3-4-15-5-10(13)11(18)14-12(15)19/h5,9H,3-4,6,13H2,1-2H3,(H,14,18,19)/t9-/m0/s1. The van der Waals surface area contributed by atoms with E-state index in [4.69, 9.17) is 9.47 Å². The molecule has 0 aliphatic rings. The minimum atomic E-state index is -0.648. The van der Waals surface area contributed by atoms with E-state index in [-0.39, 0.29) is 19.6 Å². The van der Waals surface area contributed by atoms with E-state index in [1.54, 1.807) is 7.85 Å². The summed E-state index contributed by atoms with van der Waals surface area (Å²) >= 11 is 0. The summed E-state index contributed by atoms with van der Waals surface area (Å²) in [7, 11) is 1.58. The molecule has 0 saturated carbocycles. The molecule has 1 atom stereocenters. The van der Waals surface area contributed by atoms with Crippen molar-refractivity contribution < 1.29 is 19.1 Å². The van der Waals surface area contributed by atoms with Crippen molar-refractivity contribution in [3.8, 4) is 0 Å². The van der Waals surface area contributed by atoms with Crippen LogP contribution in [0.1, 0.15) is 20.3 Å². The number of aromatic amines is 1. The second-order valence-electron chi connectivity index (χ2n) is 4.59. The van der Waals surface area contributed by atoms with Crippen LogP contribution in [0.3, 0.4) is 0 Å². The van der Waals surface area contributed by atoms with Gasteiger partial charge in [-0.15, -0.1) is 0 Å². The van der Waals surface area contributed by atoms with E-state index in [2.05, 4.69) is 4.98 Å². The van der Waals surface area contributed by atoms with Gasteiger partial charge in [0, 0.05) is 33.0 Å². The quantitative estimate of drug-likeness (QED) is 0.466. The number of aromatic nitrogens is 2. The molecule has 0 aliphatic carbocycles. The molecule has 1 aromatic rings. The number of carbonyl (C=O) groups excluding carboxylic acids is 2. The number of hydrogen-bond acceptors (Lipinski definition) is 6. The Balaban J connectivity index is 2.73. The van der Waals surface area contributed by atoms with E-state index < -0.39 is 29.3 Å². The molecule has 1 rings (SSSR count). The molecule has 0 aromatic carbocycles. The van der Waals surface area contributed by atoms with Gasteiger partial charge in [-0.3, -0.25) is 19.4 Å². The molecule has 0 fully saturated rings. The minimum Gasteiger partial charge on any atom is -0.462 e. The van der Waals surface area contributed by atoms with Crippen LogP contribution >= 0.6 is 0 Å². The summed E-state index contributed by atoms with van der Waals surface area (Å²) in [6.45, 7) is 2.64. The molecular weight excluding hydrogens is 279 g/mol. The summed E-state index contributed by atoms with van der Waals surface area (Å²) in [5, 5.41) is 0. The van der Waals surface area contributed by atoms with Gasteiger partial charge in [-0.25, -0.2) is 4.79 Å². The largest absolute Gasteiger partial charge is 0.462 e. The van der Waals surface area contributed by atoms with Crippen molar-refractivity contribution in [3.05, 3.63) is 27.0 Å². The summed E-state index contributed by atoms with van der Waals surface area (Å²) in [5.74, 6) is -0.985. The third kappa shape index (κ3) is 5.68. The molecular formula is C12H17BN2O6. The highest BCUT2D eigenvalue weighted by molar-refractivity contribution is 6.31. The van der Waals surface area contributed by atoms with E-state index in [0.29, 0.717) is 5.46 Å². The Morgan fingerprint density at radius 1 is 1.33 bits per heavy atom. The molecule has 114 valence electrons. The van der Waals surface area contributed by atoms with Crippen molar-refractivity contribution in [3.63, 3.8) is 0 Å². The minimum absolute atomic E-state index is 0.0774. The molecule has 1 N–H and O–H groups in total. The van der Waals surface area contributed by atoms with E-state index in [9.17, 15) is 19.2 Å². The summed E-state index contributed by atoms with van der Waals surface area (Å²) in [6, 6.07) is 0. The van der Waals surface area contributed by atoms with Gasteiger partial charge in [0.2, 0.25) is 5.56 Å². The van der Waals surface area contributed by atoms with Gasteiger partial charge >= 0.3 is 17.6 Å². The van der Waals surface area contributed by atoms with Crippen LogP contribution in [-0.2, 0) is 25.6 Å². The maximum atomic E-state index is 11.6. The van der Waals surface area contributed by atoms with Crippen LogP contribution in [0.25, 0.3) is 0 Å². The normalized spacial score (nSPS) is 11.7. The fourth-order valence-corrected chi connectivity index (χ4v) is 1.69. The summed E-state index contributed by atoms with van der Waals surface area (Å²) < 4.78 is 11.1. The van der Waals surface area contributed by atoms with Crippen LogP contribution < -0.4 is 16.7 Å². The second-order valence-corrected chi connectivity index (χ2v) is 4.59. The number of carbonyl (C=O) groups is 2. The van der Waals surface area contributed by atoms with Gasteiger partial charge in [-0.05, 0) is 5.46 Å². The first-order chi connectivity index (χ1) is 9.79. The lowest BCUT2D eigenvalue weighted by atomic mass is 10.0. The zero-order valence-electron chi connectivity index (χ0n) is 12.2. The highest BCUT2D eigenvalue weighted by Gasteiger charge is 2.14. The molecule has 0 amide bonds. The molecule has 8 nitrogen and oxygen atoms in total. The second kappa shape index (κ2) is 7.46. The van der Waals surface area contributed by atoms with Gasteiger partial charge in [0.15, 0.2) is 0 Å². The van der Waals surface area contributed by atoms with Crippen LogP contribution in [0.2, 0.25) is 0 Å². The average molecular weight is 296 g/mol. The maximum absolute atomic E-state index is 11.6. The highest BCUT2D eigenvalue weighted by atomic mass is 16.6. The number of rotatable bonds is 6. The van der Waals surface area contributed by atoms with Gasteiger partial charge in [0.05, 0.1) is 0 Å². The molecule has 1 heterocycles. The molecule has 0 bridgehead atoms. The van der Waals surface area contributed by atoms with Crippen molar-refractivity contribution in [1.29, 1.82) is 0 Å². The predicted molar refractivity (Wildman–Crippen MR) is 76.3 cm³/mol. The zero-order chi connectivity index (χ0) is 16.0. The number of nitrogens with zero attached hydrogens (tertiary/aromatic N) is 1. The lowest BCUT2D eigenvalue weighted by Crippen LogP contribution is -2.40. The Morgan fingerprint density at radius 2 is 2.00 bits per heavy atom. The number of esters is 2. The van der Waals surface area contributed by atoms with Crippen molar-refractivity contribution in [2.24, 2.45) is 0 Å². The first-order valence-electron chi connectivity index (χ1n) is 6.40. The summed E-state index contributed by atoms with van der Waals surface area (Å²) in [4.78, 5) is 46.8. The first-order valence-corrected chi connectivity index (χ1v) is 6.40. The number of aryl methyl sites for hydroxylation is 1. The fourth-order valence-electron chi connectivity index (χ4n) is 1.69. The average Bonchev–Trinajstić information content (AvgIpc) is 2.37. The molecule has 9 heteroatoms. The van der Waals surface area contributed by atoms with Crippen LogP contribution in [0.15, 0.2) is 15.8 Å². The third-order valence-electron chi connectivity index (χ3n) is 2.69. The van der Waals surface area contributed by atoms with E-state index >= 15 is 0 Å². The topological polar surface area (TPSA) is 107 Å².